The van der Waals surface area contributed by atoms with Gasteiger partial charge in [0.1, 0.15) is 12.4 Å². The van der Waals surface area contributed by atoms with E-state index in [9.17, 15) is 4.79 Å². The Morgan fingerprint density at radius 3 is 2.71 bits per heavy atom. The van der Waals surface area contributed by atoms with E-state index >= 15 is 0 Å². The molecular weight excluding hydrogens is 346 g/mol. The van der Waals surface area contributed by atoms with E-state index in [2.05, 4.69) is 5.32 Å². The summed E-state index contributed by atoms with van der Waals surface area (Å²) in [7, 11) is 1.58. The molecule has 1 unspecified atom stereocenters. The number of halogens is 1. The lowest BCUT2D eigenvalue weighted by Gasteiger charge is -2.17. The first kappa shape index (κ1) is 16.8. The van der Waals surface area contributed by atoms with E-state index in [1.54, 1.807) is 30.6 Å². The number of benzene rings is 1. The molecule has 6 heteroatoms. The van der Waals surface area contributed by atoms with Crippen molar-refractivity contribution < 1.29 is 13.9 Å². The van der Waals surface area contributed by atoms with Crippen molar-refractivity contribution in [1.29, 1.82) is 0 Å². The number of thiophene rings is 1. The van der Waals surface area contributed by atoms with E-state index in [1.165, 1.54) is 0 Å². The maximum atomic E-state index is 12.5. The van der Waals surface area contributed by atoms with Crippen LogP contribution in [0.2, 0.25) is 5.02 Å². The summed E-state index contributed by atoms with van der Waals surface area (Å²) >= 11 is 7.55. The summed E-state index contributed by atoms with van der Waals surface area (Å²) in [5, 5.41) is 5.66. The zero-order valence-electron chi connectivity index (χ0n) is 13.0. The topological polar surface area (TPSA) is 51.5 Å². The summed E-state index contributed by atoms with van der Waals surface area (Å²) < 4.78 is 10.5. The molecule has 124 valence electrons. The minimum atomic E-state index is -0.272. The zero-order valence-corrected chi connectivity index (χ0v) is 14.6. The van der Waals surface area contributed by atoms with Crippen molar-refractivity contribution in [3.05, 3.63) is 80.9 Å². The average molecular weight is 362 g/mol. The predicted octanol–water partition coefficient (Wildman–Crippen LogP) is 4.66. The van der Waals surface area contributed by atoms with Crippen LogP contribution in [0.5, 0.6) is 0 Å². The molecule has 0 saturated carbocycles. The number of methoxy groups -OCH3 is 1. The summed E-state index contributed by atoms with van der Waals surface area (Å²) in [5.41, 5.74) is 0.957. The van der Waals surface area contributed by atoms with Gasteiger partial charge in [-0.2, -0.15) is 0 Å². The van der Waals surface area contributed by atoms with Gasteiger partial charge in [0.2, 0.25) is 0 Å². The summed E-state index contributed by atoms with van der Waals surface area (Å²) in [6.45, 7) is 0.332. The highest BCUT2D eigenvalue weighted by Gasteiger charge is 2.20. The van der Waals surface area contributed by atoms with Crippen LogP contribution in [0.3, 0.4) is 0 Å². The number of hydrogen-bond donors (Lipinski definition) is 1. The summed E-state index contributed by atoms with van der Waals surface area (Å²) in [6, 6.07) is 14.5. The first-order valence-corrected chi connectivity index (χ1v) is 8.60. The Balaban J connectivity index is 1.83. The van der Waals surface area contributed by atoms with E-state index in [4.69, 9.17) is 20.8 Å². The molecule has 0 aliphatic rings. The van der Waals surface area contributed by atoms with Gasteiger partial charge in [0, 0.05) is 17.0 Å². The maximum absolute atomic E-state index is 12.5. The molecule has 3 rings (SSSR count). The van der Waals surface area contributed by atoms with Crippen LogP contribution in [-0.4, -0.2) is 13.0 Å². The standard InChI is InChI=1S/C18H16ClNO3S/c1-22-11-14-8-9-15(23-14)18(21)20-17(16-3-2-10-24-16)12-4-6-13(19)7-5-12/h2-10,17H,11H2,1H3,(H,20,21). The average Bonchev–Trinajstić information content (AvgIpc) is 3.25. The fraction of sp³-hybridized carbons (Fsp3) is 0.167. The van der Waals surface area contributed by atoms with Crippen molar-refractivity contribution in [2.45, 2.75) is 12.6 Å². The molecule has 0 aliphatic heterocycles. The molecule has 24 heavy (non-hydrogen) atoms. The van der Waals surface area contributed by atoms with Gasteiger partial charge in [0.15, 0.2) is 5.76 Å². The highest BCUT2D eigenvalue weighted by atomic mass is 35.5. The summed E-state index contributed by atoms with van der Waals surface area (Å²) in [6.07, 6.45) is 0. The highest BCUT2D eigenvalue weighted by Crippen LogP contribution is 2.27. The molecule has 3 aromatic rings. The second kappa shape index (κ2) is 7.66. The van der Waals surface area contributed by atoms with Crippen LogP contribution >= 0.6 is 22.9 Å². The largest absolute Gasteiger partial charge is 0.453 e. The first-order valence-electron chi connectivity index (χ1n) is 7.35. The lowest BCUT2D eigenvalue weighted by Crippen LogP contribution is -2.28. The second-order valence-corrected chi connectivity index (χ2v) is 6.59. The lowest BCUT2D eigenvalue weighted by atomic mass is 10.1. The van der Waals surface area contributed by atoms with E-state index in [-0.39, 0.29) is 17.7 Å². The molecule has 0 spiro atoms. The van der Waals surface area contributed by atoms with Gasteiger partial charge in [-0.05, 0) is 41.3 Å². The molecular formula is C18H16ClNO3S. The van der Waals surface area contributed by atoms with Gasteiger partial charge in [0.25, 0.3) is 5.91 Å². The molecule has 1 amide bonds. The zero-order chi connectivity index (χ0) is 16.9. The van der Waals surface area contributed by atoms with Gasteiger partial charge in [0.05, 0.1) is 6.04 Å². The van der Waals surface area contributed by atoms with Gasteiger partial charge in [-0.3, -0.25) is 4.79 Å². The number of nitrogens with one attached hydrogen (secondary N) is 1. The lowest BCUT2D eigenvalue weighted by molar-refractivity contribution is 0.0907. The van der Waals surface area contributed by atoms with Crippen LogP contribution in [0.15, 0.2) is 58.3 Å². The number of carbonyl (C=O) groups excluding carboxylic acids is 1. The predicted molar refractivity (Wildman–Crippen MR) is 94.5 cm³/mol. The Labute approximate surface area is 149 Å². The number of ether oxygens (including phenoxy) is 1. The molecule has 1 aromatic carbocycles. The molecule has 4 nitrogen and oxygen atoms in total. The maximum Gasteiger partial charge on any atom is 0.287 e. The number of carbonyl (C=O) groups is 1. The SMILES string of the molecule is COCc1ccc(C(=O)NC(c2ccc(Cl)cc2)c2cccs2)o1. The number of amides is 1. The van der Waals surface area contributed by atoms with Crippen LogP contribution in [0.4, 0.5) is 0 Å². The van der Waals surface area contributed by atoms with Crippen molar-refractivity contribution >= 4 is 28.8 Å². The van der Waals surface area contributed by atoms with Crippen LogP contribution in [0.25, 0.3) is 0 Å². The van der Waals surface area contributed by atoms with Crippen LogP contribution in [-0.2, 0) is 11.3 Å². The third-order valence-corrected chi connectivity index (χ3v) is 4.67. The van der Waals surface area contributed by atoms with Crippen LogP contribution in [0.1, 0.15) is 32.8 Å². The Kier molecular flexibility index (Phi) is 5.35. The van der Waals surface area contributed by atoms with E-state index in [0.717, 1.165) is 10.4 Å². The minimum absolute atomic E-state index is 0.259. The highest BCUT2D eigenvalue weighted by molar-refractivity contribution is 7.10. The number of furan rings is 1. The van der Waals surface area contributed by atoms with Crippen LogP contribution in [0, 0.1) is 0 Å². The fourth-order valence-electron chi connectivity index (χ4n) is 2.35. The van der Waals surface area contributed by atoms with Gasteiger partial charge in [-0.1, -0.05) is 29.8 Å². The van der Waals surface area contributed by atoms with Gasteiger partial charge in [-0.15, -0.1) is 11.3 Å². The van der Waals surface area contributed by atoms with Gasteiger partial charge < -0.3 is 14.5 Å². The van der Waals surface area contributed by atoms with Crippen molar-refractivity contribution in [3.63, 3.8) is 0 Å². The minimum Gasteiger partial charge on any atom is -0.453 e. The summed E-state index contributed by atoms with van der Waals surface area (Å²) in [5.74, 6) is 0.602. The monoisotopic (exact) mass is 361 g/mol. The summed E-state index contributed by atoms with van der Waals surface area (Å²) in [4.78, 5) is 13.6. The quantitative estimate of drug-likeness (QED) is 0.694. The van der Waals surface area contributed by atoms with Crippen molar-refractivity contribution in [2.24, 2.45) is 0 Å². The van der Waals surface area contributed by atoms with Gasteiger partial charge >= 0.3 is 0 Å². The van der Waals surface area contributed by atoms with Crippen LogP contribution < -0.4 is 5.32 Å². The Morgan fingerprint density at radius 1 is 1.25 bits per heavy atom. The third kappa shape index (κ3) is 3.87. The molecule has 0 aliphatic carbocycles. The van der Waals surface area contributed by atoms with Crippen molar-refractivity contribution in [2.75, 3.05) is 7.11 Å². The molecule has 0 saturated heterocycles. The van der Waals surface area contributed by atoms with Gasteiger partial charge in [-0.25, -0.2) is 0 Å². The normalized spacial score (nSPS) is 12.1. The van der Waals surface area contributed by atoms with Crippen molar-refractivity contribution in [3.8, 4) is 0 Å². The molecule has 2 heterocycles. The molecule has 1 N–H and O–H groups in total. The van der Waals surface area contributed by atoms with E-state index in [1.807, 2.05) is 41.8 Å². The van der Waals surface area contributed by atoms with Crippen molar-refractivity contribution in [1.82, 2.24) is 5.32 Å². The van der Waals surface area contributed by atoms with E-state index < -0.39 is 0 Å². The smallest absolute Gasteiger partial charge is 0.287 e. The molecule has 0 bridgehead atoms. The van der Waals surface area contributed by atoms with E-state index in [0.29, 0.717) is 17.4 Å². The Hall–Kier alpha value is -2.08. The Morgan fingerprint density at radius 2 is 2.04 bits per heavy atom. The first-order chi connectivity index (χ1) is 11.7. The fourth-order valence-corrected chi connectivity index (χ4v) is 3.28. The molecule has 2 aromatic heterocycles. The number of rotatable bonds is 6. The second-order valence-electron chi connectivity index (χ2n) is 5.17. The molecule has 0 radical (unpaired) electrons. The molecule has 0 fully saturated rings. The molecule has 1 atom stereocenters. The third-order valence-electron chi connectivity index (χ3n) is 3.48. The number of hydrogen-bond acceptors (Lipinski definition) is 4. The Bertz CT molecular complexity index is 796.